The Bertz CT molecular complexity index is 410. The van der Waals surface area contributed by atoms with E-state index in [0.29, 0.717) is 15.7 Å². The molecule has 0 radical (unpaired) electrons. The van der Waals surface area contributed by atoms with Crippen molar-refractivity contribution in [2.75, 3.05) is 0 Å². The molecule has 0 atom stereocenters. The van der Waals surface area contributed by atoms with E-state index in [4.69, 9.17) is 28.5 Å². The fourth-order valence-electron chi connectivity index (χ4n) is 0.674. The summed E-state index contributed by atoms with van der Waals surface area (Å²) in [7, 11) is 0. The molecule has 0 saturated carbocycles. The summed E-state index contributed by atoms with van der Waals surface area (Å²) in [6, 6.07) is 3.46. The first kappa shape index (κ1) is 9.86. The van der Waals surface area contributed by atoms with E-state index in [1.54, 1.807) is 6.07 Å². The Morgan fingerprint density at radius 2 is 2.23 bits per heavy atom. The molecule has 0 aliphatic carbocycles. The molecule has 0 saturated heterocycles. The molecular weight excluding hydrogens is 207 g/mol. The van der Waals surface area contributed by atoms with Gasteiger partial charge in [0.1, 0.15) is 5.69 Å². The van der Waals surface area contributed by atoms with Gasteiger partial charge in [-0.15, -0.1) is 0 Å². The van der Waals surface area contributed by atoms with Crippen LogP contribution in [0.3, 0.4) is 0 Å². The lowest BCUT2D eigenvalue weighted by molar-refractivity contribution is 1.28. The van der Waals surface area contributed by atoms with Gasteiger partial charge >= 0.3 is 0 Å². The monoisotopic (exact) mass is 210 g/mol. The first-order valence-electron chi connectivity index (χ1n) is 3.41. The average Bonchev–Trinajstić information content (AvgIpc) is 2.09. The highest BCUT2D eigenvalue weighted by molar-refractivity contribution is 6.35. The molecule has 0 amide bonds. The molecule has 0 unspecified atom stereocenters. The normalized spacial score (nSPS) is 8.38. The zero-order valence-corrected chi connectivity index (χ0v) is 8.02. The molecule has 0 N–H and O–H groups in total. The molecule has 1 heterocycles. The van der Waals surface area contributed by atoms with E-state index in [1.165, 1.54) is 6.20 Å². The lowest BCUT2D eigenvalue weighted by Crippen LogP contribution is -1.83. The van der Waals surface area contributed by atoms with Crippen LogP contribution in [0.2, 0.25) is 10.0 Å². The van der Waals surface area contributed by atoms with Gasteiger partial charge in [0.05, 0.1) is 22.5 Å². The van der Waals surface area contributed by atoms with Crippen LogP contribution in [0.1, 0.15) is 12.1 Å². The van der Waals surface area contributed by atoms with Gasteiger partial charge in [-0.05, 0) is 12.0 Å². The largest absolute Gasteiger partial charge is 0.245 e. The SMILES string of the molecule is N#CCC#Cc1ncc(Cl)cc1Cl. The van der Waals surface area contributed by atoms with Crippen molar-refractivity contribution in [2.24, 2.45) is 0 Å². The predicted octanol–water partition coefficient (Wildman–Crippen LogP) is 2.65. The Morgan fingerprint density at radius 3 is 2.85 bits per heavy atom. The van der Waals surface area contributed by atoms with Crippen LogP contribution >= 0.6 is 23.2 Å². The molecule has 0 bridgehead atoms. The van der Waals surface area contributed by atoms with E-state index in [1.807, 2.05) is 6.07 Å². The highest BCUT2D eigenvalue weighted by Crippen LogP contribution is 2.17. The minimum absolute atomic E-state index is 0.167. The van der Waals surface area contributed by atoms with Crippen LogP contribution in [0.4, 0.5) is 0 Å². The van der Waals surface area contributed by atoms with Gasteiger partial charge in [-0.2, -0.15) is 5.26 Å². The van der Waals surface area contributed by atoms with Gasteiger partial charge in [-0.25, -0.2) is 4.98 Å². The second kappa shape index (κ2) is 4.72. The fraction of sp³-hybridized carbons (Fsp3) is 0.111. The van der Waals surface area contributed by atoms with Crippen LogP contribution in [0.15, 0.2) is 12.3 Å². The van der Waals surface area contributed by atoms with Crippen molar-refractivity contribution in [3.63, 3.8) is 0 Å². The van der Waals surface area contributed by atoms with Gasteiger partial charge < -0.3 is 0 Å². The van der Waals surface area contributed by atoms with Crippen molar-refractivity contribution in [1.82, 2.24) is 4.98 Å². The summed E-state index contributed by atoms with van der Waals surface area (Å²) in [4.78, 5) is 3.90. The quantitative estimate of drug-likeness (QED) is 0.618. The summed E-state index contributed by atoms with van der Waals surface area (Å²) in [6.07, 6.45) is 1.63. The number of aromatic nitrogens is 1. The van der Waals surface area contributed by atoms with E-state index in [2.05, 4.69) is 16.8 Å². The Hall–Kier alpha value is -1.22. The predicted molar refractivity (Wildman–Crippen MR) is 51.4 cm³/mol. The van der Waals surface area contributed by atoms with Gasteiger partial charge in [0.15, 0.2) is 0 Å². The molecule has 0 spiro atoms. The number of nitrogens with zero attached hydrogens (tertiary/aromatic N) is 2. The van der Waals surface area contributed by atoms with Gasteiger partial charge in [0.2, 0.25) is 0 Å². The van der Waals surface area contributed by atoms with Gasteiger partial charge in [-0.3, -0.25) is 0 Å². The fourth-order valence-corrected chi connectivity index (χ4v) is 1.10. The molecule has 0 aromatic carbocycles. The van der Waals surface area contributed by atoms with E-state index in [9.17, 15) is 0 Å². The van der Waals surface area contributed by atoms with Crippen LogP contribution in [0.5, 0.6) is 0 Å². The molecule has 0 fully saturated rings. The van der Waals surface area contributed by atoms with Gasteiger partial charge in [-0.1, -0.05) is 29.1 Å². The number of nitriles is 1. The maximum absolute atomic E-state index is 8.23. The molecule has 0 aliphatic heterocycles. The molecular formula is C9H4Cl2N2. The summed E-state index contributed by atoms with van der Waals surface area (Å²) in [5.74, 6) is 5.28. The molecule has 64 valence electrons. The average molecular weight is 211 g/mol. The first-order chi connectivity index (χ1) is 6.24. The number of pyridine rings is 1. The number of halogens is 2. The molecule has 0 aliphatic rings. The second-order valence-electron chi connectivity index (χ2n) is 2.12. The lowest BCUT2D eigenvalue weighted by Gasteiger charge is -1.93. The Balaban J connectivity index is 2.93. The van der Waals surface area contributed by atoms with Crippen molar-refractivity contribution in [1.29, 1.82) is 5.26 Å². The smallest absolute Gasteiger partial charge is 0.131 e. The highest BCUT2D eigenvalue weighted by atomic mass is 35.5. The molecule has 2 nitrogen and oxygen atoms in total. The maximum atomic E-state index is 8.23. The third-order valence-corrected chi connectivity index (χ3v) is 1.68. The molecule has 13 heavy (non-hydrogen) atoms. The summed E-state index contributed by atoms with van der Waals surface area (Å²) in [5.41, 5.74) is 0.446. The minimum Gasteiger partial charge on any atom is -0.245 e. The summed E-state index contributed by atoms with van der Waals surface area (Å²) >= 11 is 11.4. The Kier molecular flexibility index (Phi) is 3.58. The number of rotatable bonds is 0. The standard InChI is InChI=1S/C9H4Cl2N2/c10-7-5-8(11)9(13-6-7)3-1-2-4-12/h5-6H,2H2. The maximum Gasteiger partial charge on any atom is 0.131 e. The first-order valence-corrected chi connectivity index (χ1v) is 4.16. The minimum atomic E-state index is 0.167. The van der Waals surface area contributed by atoms with Gasteiger partial charge in [0.25, 0.3) is 0 Å². The zero-order valence-electron chi connectivity index (χ0n) is 6.51. The molecule has 1 aromatic rings. The van der Waals surface area contributed by atoms with E-state index >= 15 is 0 Å². The van der Waals surface area contributed by atoms with Crippen molar-refractivity contribution in [3.05, 3.63) is 28.0 Å². The Morgan fingerprint density at radius 1 is 1.46 bits per heavy atom. The lowest BCUT2D eigenvalue weighted by atomic mass is 10.3. The van der Waals surface area contributed by atoms with E-state index in [-0.39, 0.29) is 6.42 Å². The van der Waals surface area contributed by atoms with Crippen LogP contribution in [0, 0.1) is 23.2 Å². The zero-order chi connectivity index (χ0) is 9.68. The third kappa shape index (κ3) is 2.95. The van der Waals surface area contributed by atoms with Crippen LogP contribution in [0.25, 0.3) is 0 Å². The summed E-state index contributed by atoms with van der Waals surface area (Å²) in [6.45, 7) is 0. The molecule has 1 aromatic heterocycles. The van der Waals surface area contributed by atoms with Crippen LogP contribution in [-0.4, -0.2) is 4.98 Å². The van der Waals surface area contributed by atoms with Crippen molar-refractivity contribution < 1.29 is 0 Å². The summed E-state index contributed by atoms with van der Waals surface area (Å²) < 4.78 is 0. The number of hydrogen-bond donors (Lipinski definition) is 0. The van der Waals surface area contributed by atoms with Crippen LogP contribution in [-0.2, 0) is 0 Å². The van der Waals surface area contributed by atoms with Crippen molar-refractivity contribution in [2.45, 2.75) is 6.42 Å². The molecule has 4 heteroatoms. The van der Waals surface area contributed by atoms with E-state index < -0.39 is 0 Å². The number of hydrogen-bond acceptors (Lipinski definition) is 2. The Labute approximate surface area is 86.1 Å². The molecule has 1 rings (SSSR count). The second-order valence-corrected chi connectivity index (χ2v) is 2.96. The van der Waals surface area contributed by atoms with Crippen molar-refractivity contribution in [3.8, 4) is 17.9 Å². The third-order valence-electron chi connectivity index (χ3n) is 1.18. The van der Waals surface area contributed by atoms with Crippen molar-refractivity contribution >= 4 is 23.2 Å². The highest BCUT2D eigenvalue weighted by Gasteiger charge is 1.98. The van der Waals surface area contributed by atoms with E-state index in [0.717, 1.165) is 0 Å². The van der Waals surface area contributed by atoms with Gasteiger partial charge in [0, 0.05) is 6.20 Å². The van der Waals surface area contributed by atoms with Crippen LogP contribution < -0.4 is 0 Å². The topological polar surface area (TPSA) is 36.7 Å². The summed E-state index contributed by atoms with van der Waals surface area (Å²) in [5, 5.41) is 9.10.